The quantitative estimate of drug-likeness (QED) is 0.565. The maximum atomic E-state index is 13.4. The van der Waals surface area contributed by atoms with Gasteiger partial charge in [0.15, 0.2) is 0 Å². The summed E-state index contributed by atoms with van der Waals surface area (Å²) in [5.74, 6) is -0.845. The van der Waals surface area contributed by atoms with Gasteiger partial charge in [-0.1, -0.05) is 41.9 Å². The zero-order valence-electron chi connectivity index (χ0n) is 18.7. The average molecular weight is 481 g/mol. The minimum absolute atomic E-state index is 0.0995. The summed E-state index contributed by atoms with van der Waals surface area (Å²) in [5, 5.41) is 3.21. The number of carbonyl (C=O) groups excluding carboxylic acids is 2. The predicted octanol–water partition coefficient (Wildman–Crippen LogP) is 2.51. The Hall–Kier alpha value is -2.62. The summed E-state index contributed by atoms with van der Waals surface area (Å²) in [4.78, 5) is 27.3. The number of hydrogen-bond acceptors (Lipinski definition) is 4. The number of carbonyl (C=O) groups is 2. The highest BCUT2D eigenvalue weighted by Gasteiger charge is 2.32. The fourth-order valence-corrected chi connectivity index (χ4v) is 4.32. The molecule has 0 saturated heterocycles. The Morgan fingerprint density at radius 2 is 1.72 bits per heavy atom. The van der Waals surface area contributed by atoms with Crippen molar-refractivity contribution in [1.82, 2.24) is 14.5 Å². The summed E-state index contributed by atoms with van der Waals surface area (Å²) in [5.41, 5.74) is 1.08. The molecule has 32 heavy (non-hydrogen) atoms. The molecule has 0 fully saturated rings. The molecule has 0 aromatic heterocycles. The van der Waals surface area contributed by atoms with Gasteiger partial charge in [0.2, 0.25) is 11.8 Å². The lowest BCUT2D eigenvalue weighted by Gasteiger charge is -2.32. The minimum Gasteiger partial charge on any atom is -0.355 e. The van der Waals surface area contributed by atoms with Gasteiger partial charge in [-0.15, -0.1) is 0 Å². The largest absolute Gasteiger partial charge is 0.355 e. The fourth-order valence-electron chi connectivity index (χ4n) is 3.05. The van der Waals surface area contributed by atoms with Crippen LogP contribution >= 0.6 is 11.6 Å². The Labute approximate surface area is 194 Å². The summed E-state index contributed by atoms with van der Waals surface area (Å²) in [6.45, 7) is 3.44. The van der Waals surface area contributed by atoms with Gasteiger partial charge in [-0.25, -0.2) is 4.31 Å². The van der Waals surface area contributed by atoms with E-state index in [0.29, 0.717) is 17.3 Å². The Balaban J connectivity index is 2.42. The monoisotopic (exact) mass is 480 g/mol. The van der Waals surface area contributed by atoms with Gasteiger partial charge in [0.05, 0.1) is 5.69 Å². The first kappa shape index (κ1) is 25.6. The van der Waals surface area contributed by atoms with Gasteiger partial charge in [0.1, 0.15) is 12.6 Å². The highest BCUT2D eigenvalue weighted by Crippen LogP contribution is 2.21. The van der Waals surface area contributed by atoms with Crippen molar-refractivity contribution in [3.05, 3.63) is 65.2 Å². The molecule has 0 radical (unpaired) electrons. The maximum absolute atomic E-state index is 13.4. The molecule has 8 nitrogen and oxygen atoms in total. The Morgan fingerprint density at radius 1 is 1.06 bits per heavy atom. The molecule has 174 valence electrons. The zero-order valence-corrected chi connectivity index (χ0v) is 20.2. The third-order valence-electron chi connectivity index (χ3n) is 4.82. The number of rotatable bonds is 10. The van der Waals surface area contributed by atoms with Gasteiger partial charge in [-0.05, 0) is 43.7 Å². The van der Waals surface area contributed by atoms with E-state index in [1.54, 1.807) is 68.4 Å². The number of likely N-dealkylation sites (N-methyl/N-ethyl adjacent to an activating group) is 1. The second kappa shape index (κ2) is 11.3. The van der Waals surface area contributed by atoms with Gasteiger partial charge in [0.25, 0.3) is 0 Å². The Bertz CT molecular complexity index is 1030. The van der Waals surface area contributed by atoms with Crippen molar-refractivity contribution in [2.45, 2.75) is 26.4 Å². The number of nitrogens with one attached hydrogen (secondary N) is 1. The number of anilines is 1. The van der Waals surface area contributed by atoms with Crippen LogP contribution in [0.5, 0.6) is 0 Å². The summed E-state index contributed by atoms with van der Waals surface area (Å²) < 4.78 is 28.0. The summed E-state index contributed by atoms with van der Waals surface area (Å²) in [7, 11) is -1.16. The molecule has 0 saturated carbocycles. The van der Waals surface area contributed by atoms with Crippen molar-refractivity contribution in [3.63, 3.8) is 0 Å². The molecule has 0 aliphatic rings. The molecular formula is C22H29ClN4O4S. The van der Waals surface area contributed by atoms with Crippen molar-refractivity contribution in [3.8, 4) is 0 Å². The number of para-hydroxylation sites is 1. The predicted molar refractivity (Wildman–Crippen MR) is 127 cm³/mol. The van der Waals surface area contributed by atoms with Crippen molar-refractivity contribution in [2.24, 2.45) is 0 Å². The van der Waals surface area contributed by atoms with E-state index in [4.69, 9.17) is 11.6 Å². The van der Waals surface area contributed by atoms with E-state index in [2.05, 4.69) is 5.32 Å². The number of hydrogen-bond donors (Lipinski definition) is 1. The minimum atomic E-state index is -3.96. The lowest BCUT2D eigenvalue weighted by Crippen LogP contribution is -2.52. The van der Waals surface area contributed by atoms with Crippen molar-refractivity contribution >= 4 is 39.3 Å². The number of amides is 2. The molecule has 0 aliphatic carbocycles. The fraction of sp³-hybridized carbons (Fsp3) is 0.364. The van der Waals surface area contributed by atoms with Crippen LogP contribution in [0.3, 0.4) is 0 Å². The van der Waals surface area contributed by atoms with Crippen LogP contribution in [0.4, 0.5) is 5.69 Å². The van der Waals surface area contributed by atoms with Crippen LogP contribution in [0.25, 0.3) is 0 Å². The summed E-state index contributed by atoms with van der Waals surface area (Å²) in [6, 6.07) is 14.5. The van der Waals surface area contributed by atoms with E-state index in [1.807, 2.05) is 0 Å². The lowest BCUT2D eigenvalue weighted by atomic mass is 10.1. The molecule has 0 spiro atoms. The van der Waals surface area contributed by atoms with E-state index in [1.165, 1.54) is 19.0 Å². The Morgan fingerprint density at radius 3 is 2.28 bits per heavy atom. The van der Waals surface area contributed by atoms with Gasteiger partial charge in [-0.3, -0.25) is 9.59 Å². The first-order valence-electron chi connectivity index (χ1n) is 10.1. The average Bonchev–Trinajstić information content (AvgIpc) is 2.75. The zero-order chi connectivity index (χ0) is 23.9. The van der Waals surface area contributed by atoms with Gasteiger partial charge >= 0.3 is 10.2 Å². The SMILES string of the molecule is CCNC(=O)[C@H](C)N(Cc1cccc(Cl)c1)C(=O)CN(c1ccccc1)S(=O)(=O)N(C)C. The maximum Gasteiger partial charge on any atom is 0.304 e. The van der Waals surface area contributed by atoms with Crippen molar-refractivity contribution in [1.29, 1.82) is 0 Å². The molecule has 1 atom stereocenters. The molecule has 0 unspecified atom stereocenters. The van der Waals surface area contributed by atoms with E-state index >= 15 is 0 Å². The van der Waals surface area contributed by atoms with Gasteiger partial charge in [-0.2, -0.15) is 12.7 Å². The molecular weight excluding hydrogens is 452 g/mol. The van der Waals surface area contributed by atoms with E-state index in [0.717, 1.165) is 14.2 Å². The Kier molecular flexibility index (Phi) is 9.06. The third kappa shape index (κ3) is 6.44. The number of halogens is 1. The second-order valence-corrected chi connectivity index (χ2v) is 9.86. The molecule has 0 aliphatic heterocycles. The molecule has 2 rings (SSSR count). The molecule has 1 N–H and O–H groups in total. The van der Waals surface area contributed by atoms with Crippen LogP contribution in [0.2, 0.25) is 5.02 Å². The van der Waals surface area contributed by atoms with Crippen LogP contribution in [0.15, 0.2) is 54.6 Å². The van der Waals surface area contributed by atoms with Crippen LogP contribution in [0.1, 0.15) is 19.4 Å². The second-order valence-electron chi connectivity index (χ2n) is 7.35. The van der Waals surface area contributed by atoms with Crippen LogP contribution in [-0.2, 0) is 26.3 Å². The van der Waals surface area contributed by atoms with Crippen LogP contribution in [0, 0.1) is 0 Å². The number of benzene rings is 2. The molecule has 10 heteroatoms. The first-order valence-corrected chi connectivity index (χ1v) is 11.9. The smallest absolute Gasteiger partial charge is 0.304 e. The van der Waals surface area contributed by atoms with E-state index in [-0.39, 0.29) is 12.5 Å². The van der Waals surface area contributed by atoms with Gasteiger partial charge in [0, 0.05) is 32.2 Å². The van der Waals surface area contributed by atoms with Crippen LogP contribution < -0.4 is 9.62 Å². The molecule has 2 amide bonds. The topological polar surface area (TPSA) is 90.0 Å². The van der Waals surface area contributed by atoms with Crippen LogP contribution in [-0.4, -0.2) is 62.7 Å². The molecule has 0 heterocycles. The van der Waals surface area contributed by atoms with E-state index < -0.39 is 28.7 Å². The molecule has 2 aromatic carbocycles. The third-order valence-corrected chi connectivity index (χ3v) is 6.88. The van der Waals surface area contributed by atoms with Crippen molar-refractivity contribution in [2.75, 3.05) is 31.5 Å². The first-order chi connectivity index (χ1) is 15.1. The normalized spacial score (nSPS) is 12.3. The lowest BCUT2D eigenvalue weighted by molar-refractivity contribution is -0.139. The summed E-state index contributed by atoms with van der Waals surface area (Å²) >= 11 is 6.08. The highest BCUT2D eigenvalue weighted by atomic mass is 35.5. The molecule has 0 bridgehead atoms. The summed E-state index contributed by atoms with van der Waals surface area (Å²) in [6.07, 6.45) is 0. The molecule has 2 aromatic rings. The van der Waals surface area contributed by atoms with E-state index in [9.17, 15) is 18.0 Å². The highest BCUT2D eigenvalue weighted by molar-refractivity contribution is 7.90. The number of nitrogens with zero attached hydrogens (tertiary/aromatic N) is 3. The standard InChI is InChI=1S/C22H29ClN4O4S/c1-5-24-22(29)17(2)26(15-18-10-9-11-19(23)14-18)21(28)16-27(32(30,31)25(3)4)20-12-7-6-8-13-20/h6-14,17H,5,15-16H2,1-4H3,(H,24,29)/t17-/m0/s1. The van der Waals surface area contributed by atoms with Gasteiger partial charge < -0.3 is 10.2 Å². The van der Waals surface area contributed by atoms with Crippen molar-refractivity contribution < 1.29 is 18.0 Å².